The lowest BCUT2D eigenvalue weighted by atomic mass is 9.94. The summed E-state index contributed by atoms with van der Waals surface area (Å²) in [5, 5.41) is 0. The van der Waals surface area contributed by atoms with Crippen molar-refractivity contribution in [1.29, 1.82) is 0 Å². The fourth-order valence-electron chi connectivity index (χ4n) is 2.97. The van der Waals surface area contributed by atoms with Gasteiger partial charge in [0.15, 0.2) is 0 Å². The van der Waals surface area contributed by atoms with E-state index >= 15 is 0 Å². The number of rotatable bonds is 4. The third kappa shape index (κ3) is 4.67. The van der Waals surface area contributed by atoms with Crippen LogP contribution in [0.1, 0.15) is 40.3 Å². The van der Waals surface area contributed by atoms with Crippen LogP contribution in [0.15, 0.2) is 42.5 Å². The molecule has 0 bridgehead atoms. The zero-order chi connectivity index (χ0) is 20.5. The molecule has 2 N–H and O–H groups in total. The standard InChI is InChI=1S/C20H17F6NO/c21-19(22,23)15-8-16(20(24,25)26)10-17(9-15)28-11-18(27)14-6-5-12-3-1-2-4-13(12)7-14/h2,4-10,18H,1,3,11,27H2. The van der Waals surface area contributed by atoms with Crippen LogP contribution in [-0.4, -0.2) is 6.61 Å². The maximum absolute atomic E-state index is 12.9. The van der Waals surface area contributed by atoms with Crippen molar-refractivity contribution in [3.8, 4) is 5.75 Å². The van der Waals surface area contributed by atoms with Crippen molar-refractivity contribution in [2.45, 2.75) is 31.2 Å². The average molecular weight is 401 g/mol. The molecule has 1 aliphatic carbocycles. The molecule has 28 heavy (non-hydrogen) atoms. The number of aryl methyl sites for hydroxylation is 1. The molecule has 2 nitrogen and oxygen atoms in total. The Morgan fingerprint density at radius 1 is 0.929 bits per heavy atom. The second kappa shape index (κ2) is 7.50. The van der Waals surface area contributed by atoms with Gasteiger partial charge in [0.05, 0.1) is 17.2 Å². The molecule has 1 aliphatic rings. The van der Waals surface area contributed by atoms with Gasteiger partial charge in [-0.1, -0.05) is 24.3 Å². The van der Waals surface area contributed by atoms with Gasteiger partial charge < -0.3 is 10.5 Å². The van der Waals surface area contributed by atoms with Gasteiger partial charge >= 0.3 is 12.4 Å². The monoisotopic (exact) mass is 401 g/mol. The van der Waals surface area contributed by atoms with Gasteiger partial charge in [0, 0.05) is 0 Å². The maximum Gasteiger partial charge on any atom is 0.416 e. The summed E-state index contributed by atoms with van der Waals surface area (Å²) in [6.45, 7) is -0.263. The molecule has 0 radical (unpaired) electrons. The summed E-state index contributed by atoms with van der Waals surface area (Å²) in [7, 11) is 0. The number of benzene rings is 2. The molecule has 0 saturated carbocycles. The second-order valence-electron chi connectivity index (χ2n) is 6.56. The second-order valence-corrected chi connectivity index (χ2v) is 6.56. The SMILES string of the molecule is NC(COc1cc(C(F)(F)F)cc(C(F)(F)F)c1)c1ccc2c(c1)C=CCC2. The van der Waals surface area contributed by atoms with Crippen LogP contribution in [0.5, 0.6) is 5.75 Å². The summed E-state index contributed by atoms with van der Waals surface area (Å²) < 4.78 is 82.6. The molecule has 8 heteroatoms. The van der Waals surface area contributed by atoms with E-state index in [1.807, 2.05) is 24.3 Å². The van der Waals surface area contributed by atoms with Crippen molar-refractivity contribution < 1.29 is 31.1 Å². The molecular formula is C20H17F6NO. The highest BCUT2D eigenvalue weighted by molar-refractivity contribution is 5.57. The first-order valence-corrected chi connectivity index (χ1v) is 8.51. The Kier molecular flexibility index (Phi) is 5.43. The molecule has 2 aromatic rings. The Morgan fingerprint density at radius 3 is 2.18 bits per heavy atom. The summed E-state index contributed by atoms with van der Waals surface area (Å²) in [6.07, 6.45) is -4.02. The molecular weight excluding hydrogens is 384 g/mol. The first kappa shape index (κ1) is 20.3. The number of alkyl halides is 6. The van der Waals surface area contributed by atoms with Crippen LogP contribution in [0.4, 0.5) is 26.3 Å². The largest absolute Gasteiger partial charge is 0.492 e. The van der Waals surface area contributed by atoms with E-state index in [0.717, 1.165) is 24.0 Å². The predicted octanol–water partition coefficient (Wildman–Crippen LogP) is 5.76. The van der Waals surface area contributed by atoms with Crippen LogP contribution >= 0.6 is 0 Å². The molecule has 1 unspecified atom stereocenters. The third-order valence-electron chi connectivity index (χ3n) is 4.47. The number of halogens is 6. The number of allylic oxidation sites excluding steroid dienone is 1. The fourth-order valence-corrected chi connectivity index (χ4v) is 2.97. The van der Waals surface area contributed by atoms with Crippen molar-refractivity contribution in [2.24, 2.45) is 5.73 Å². The normalized spacial score (nSPS) is 15.2. The molecule has 0 heterocycles. The Bertz CT molecular complexity index is 853. The molecule has 0 aromatic heterocycles. The van der Waals surface area contributed by atoms with Crippen LogP contribution in [0.3, 0.4) is 0 Å². The van der Waals surface area contributed by atoms with Crippen molar-refractivity contribution in [3.05, 3.63) is 70.3 Å². The quantitative estimate of drug-likeness (QED) is 0.661. The highest BCUT2D eigenvalue weighted by atomic mass is 19.4. The van der Waals surface area contributed by atoms with Crippen LogP contribution in [0.25, 0.3) is 6.08 Å². The zero-order valence-electron chi connectivity index (χ0n) is 14.6. The summed E-state index contributed by atoms with van der Waals surface area (Å²) in [5.74, 6) is -0.532. The van der Waals surface area contributed by atoms with Gasteiger partial charge in [-0.2, -0.15) is 26.3 Å². The Balaban J connectivity index is 1.79. The fraction of sp³-hybridized carbons (Fsp3) is 0.300. The summed E-state index contributed by atoms with van der Waals surface area (Å²) in [4.78, 5) is 0. The molecule has 0 amide bonds. The smallest absolute Gasteiger partial charge is 0.416 e. The number of nitrogens with two attached hydrogens (primary N) is 1. The minimum Gasteiger partial charge on any atom is -0.492 e. The molecule has 1 atom stereocenters. The lowest BCUT2D eigenvalue weighted by Crippen LogP contribution is -2.20. The lowest BCUT2D eigenvalue weighted by molar-refractivity contribution is -0.143. The molecule has 2 aromatic carbocycles. The van der Waals surface area contributed by atoms with Crippen LogP contribution in [0, 0.1) is 0 Å². The molecule has 0 fully saturated rings. The van der Waals surface area contributed by atoms with E-state index in [9.17, 15) is 26.3 Å². The number of ether oxygens (including phenoxy) is 1. The molecule has 0 saturated heterocycles. The lowest BCUT2D eigenvalue weighted by Gasteiger charge is -2.18. The van der Waals surface area contributed by atoms with Crippen LogP contribution < -0.4 is 10.5 Å². The summed E-state index contributed by atoms with van der Waals surface area (Å²) in [5.41, 5.74) is 6.02. The summed E-state index contributed by atoms with van der Waals surface area (Å²) >= 11 is 0. The minimum absolute atomic E-state index is 0.0581. The summed E-state index contributed by atoms with van der Waals surface area (Å²) in [6, 6.07) is 5.99. The average Bonchev–Trinajstić information content (AvgIpc) is 2.64. The van der Waals surface area contributed by atoms with E-state index in [0.29, 0.717) is 17.7 Å². The van der Waals surface area contributed by atoms with E-state index in [4.69, 9.17) is 10.5 Å². The van der Waals surface area contributed by atoms with Gasteiger partial charge in [-0.3, -0.25) is 0 Å². The van der Waals surface area contributed by atoms with E-state index in [2.05, 4.69) is 0 Å². The van der Waals surface area contributed by atoms with Gasteiger partial charge in [-0.05, 0) is 53.8 Å². The van der Waals surface area contributed by atoms with Gasteiger partial charge in [0.2, 0.25) is 0 Å². The maximum atomic E-state index is 12.9. The van der Waals surface area contributed by atoms with E-state index in [1.165, 1.54) is 0 Å². The highest BCUT2D eigenvalue weighted by Gasteiger charge is 2.37. The number of hydrogen-bond donors (Lipinski definition) is 1. The molecule has 3 rings (SSSR count). The van der Waals surface area contributed by atoms with Crippen molar-refractivity contribution >= 4 is 6.08 Å². The van der Waals surface area contributed by atoms with Crippen molar-refractivity contribution in [1.82, 2.24) is 0 Å². The first-order valence-electron chi connectivity index (χ1n) is 8.51. The number of hydrogen-bond acceptors (Lipinski definition) is 2. The number of fused-ring (bicyclic) bond motifs is 1. The minimum atomic E-state index is -4.92. The highest BCUT2D eigenvalue weighted by Crippen LogP contribution is 2.38. The van der Waals surface area contributed by atoms with Crippen LogP contribution in [0.2, 0.25) is 0 Å². The van der Waals surface area contributed by atoms with Crippen LogP contribution in [-0.2, 0) is 18.8 Å². The Hall–Kier alpha value is -2.48. The van der Waals surface area contributed by atoms with E-state index in [-0.39, 0.29) is 12.7 Å². The van der Waals surface area contributed by atoms with Crippen molar-refractivity contribution in [3.63, 3.8) is 0 Å². The molecule has 0 spiro atoms. The van der Waals surface area contributed by atoms with Crippen molar-refractivity contribution in [2.75, 3.05) is 6.61 Å². The topological polar surface area (TPSA) is 35.2 Å². The Morgan fingerprint density at radius 2 is 1.57 bits per heavy atom. The Labute approximate surface area is 157 Å². The van der Waals surface area contributed by atoms with E-state index in [1.54, 1.807) is 6.07 Å². The molecule has 150 valence electrons. The third-order valence-corrected chi connectivity index (χ3v) is 4.47. The van der Waals surface area contributed by atoms with E-state index < -0.39 is 35.3 Å². The van der Waals surface area contributed by atoms with Gasteiger partial charge in [-0.15, -0.1) is 0 Å². The van der Waals surface area contributed by atoms with Gasteiger partial charge in [-0.25, -0.2) is 0 Å². The first-order chi connectivity index (χ1) is 13.0. The van der Waals surface area contributed by atoms with Gasteiger partial charge in [0.25, 0.3) is 0 Å². The van der Waals surface area contributed by atoms with Gasteiger partial charge in [0.1, 0.15) is 12.4 Å². The zero-order valence-corrected chi connectivity index (χ0v) is 14.6. The molecule has 0 aliphatic heterocycles. The predicted molar refractivity (Wildman–Crippen MR) is 92.7 cm³/mol.